The molecule has 0 heterocycles. The monoisotopic (exact) mass is 354 g/mol. The number of fused-ring (bicyclic) bond motifs is 1. The highest BCUT2D eigenvalue weighted by Crippen LogP contribution is 2.43. The summed E-state index contributed by atoms with van der Waals surface area (Å²) < 4.78 is 27.4. The quantitative estimate of drug-likeness (QED) is 0.762. The van der Waals surface area contributed by atoms with Crippen molar-refractivity contribution in [1.29, 1.82) is 0 Å². The van der Waals surface area contributed by atoms with Gasteiger partial charge in [0.15, 0.2) is 0 Å². The van der Waals surface area contributed by atoms with E-state index in [4.69, 9.17) is 0 Å². The molecule has 16 heavy (non-hydrogen) atoms. The summed E-state index contributed by atoms with van der Waals surface area (Å²) in [6.45, 7) is 0. The largest absolute Gasteiger partial charge is 0.382 e. The van der Waals surface area contributed by atoms with Gasteiger partial charge in [-0.3, -0.25) is 0 Å². The maximum Gasteiger partial charge on any atom is 0.329 e. The van der Waals surface area contributed by atoms with Crippen molar-refractivity contribution in [2.45, 2.75) is 29.7 Å². The molecular weight excluding hydrogens is 346 g/mol. The van der Waals surface area contributed by atoms with Crippen molar-refractivity contribution in [3.05, 3.63) is 33.8 Å². The molecule has 1 aliphatic rings. The Morgan fingerprint density at radius 3 is 2.62 bits per heavy atom. The van der Waals surface area contributed by atoms with E-state index in [0.717, 1.165) is 15.6 Å². The summed E-state index contributed by atoms with van der Waals surface area (Å²) in [4.78, 5) is -3.25. The van der Waals surface area contributed by atoms with E-state index >= 15 is 0 Å². The van der Waals surface area contributed by atoms with Gasteiger partial charge in [0.05, 0.1) is 0 Å². The standard InChI is InChI=1S/C11H10Br2F2O/c12-9-2-1-8-6-10(16,11(13,14)15)4-3-7(8)5-9/h1-2,5,16H,3-4,6H2. The Hall–Kier alpha value is -0.000000000000000111. The molecule has 88 valence electrons. The number of hydrogen-bond acceptors (Lipinski definition) is 1. The summed E-state index contributed by atoms with van der Waals surface area (Å²) in [5.41, 5.74) is -0.166. The maximum absolute atomic E-state index is 13.2. The number of aryl methyl sites for hydroxylation is 1. The molecule has 0 saturated heterocycles. The van der Waals surface area contributed by atoms with Gasteiger partial charge in [-0.15, -0.1) is 0 Å². The Bertz CT molecular complexity index is 417. The second kappa shape index (κ2) is 4.03. The molecule has 0 bridgehead atoms. The van der Waals surface area contributed by atoms with Crippen LogP contribution in [0.5, 0.6) is 0 Å². The molecule has 0 aromatic heterocycles. The lowest BCUT2D eigenvalue weighted by atomic mass is 9.81. The van der Waals surface area contributed by atoms with E-state index in [1.54, 1.807) is 12.1 Å². The van der Waals surface area contributed by atoms with E-state index in [1.807, 2.05) is 6.07 Å². The number of benzene rings is 1. The number of halogens is 4. The molecule has 0 amide bonds. The highest BCUT2D eigenvalue weighted by Gasteiger charge is 2.51. The van der Waals surface area contributed by atoms with Crippen LogP contribution in [0.4, 0.5) is 8.78 Å². The molecule has 1 N–H and O–H groups in total. The molecule has 1 unspecified atom stereocenters. The van der Waals surface area contributed by atoms with Crippen LogP contribution in [0.3, 0.4) is 0 Å². The molecule has 1 aromatic carbocycles. The van der Waals surface area contributed by atoms with Gasteiger partial charge >= 0.3 is 4.83 Å². The van der Waals surface area contributed by atoms with Crippen molar-refractivity contribution in [2.75, 3.05) is 0 Å². The van der Waals surface area contributed by atoms with E-state index in [2.05, 4.69) is 31.9 Å². The molecule has 0 fully saturated rings. The lowest BCUT2D eigenvalue weighted by molar-refractivity contribution is -0.122. The SMILES string of the molecule is OC1(C(F)(F)Br)CCc2cc(Br)ccc2C1. The third kappa shape index (κ3) is 2.17. The summed E-state index contributed by atoms with van der Waals surface area (Å²) in [5.74, 6) is 0. The summed E-state index contributed by atoms with van der Waals surface area (Å²) in [5, 5.41) is 9.92. The van der Waals surface area contributed by atoms with Crippen LogP contribution in [0.15, 0.2) is 22.7 Å². The Kier molecular flexibility index (Phi) is 3.14. The third-order valence-corrected chi connectivity index (χ3v) is 4.22. The molecule has 5 heteroatoms. The highest BCUT2D eigenvalue weighted by molar-refractivity contribution is 9.10. The van der Waals surface area contributed by atoms with Gasteiger partial charge in [0, 0.05) is 10.9 Å². The first kappa shape index (κ1) is 12.5. The average molecular weight is 356 g/mol. The molecule has 1 aliphatic carbocycles. The van der Waals surface area contributed by atoms with Crippen LogP contribution in [0.1, 0.15) is 17.5 Å². The predicted octanol–water partition coefficient (Wildman–Crippen LogP) is 3.66. The number of alkyl halides is 3. The Morgan fingerprint density at radius 2 is 2.00 bits per heavy atom. The second-order valence-corrected chi connectivity index (χ2v) is 6.03. The van der Waals surface area contributed by atoms with Crippen molar-refractivity contribution in [1.82, 2.24) is 0 Å². The van der Waals surface area contributed by atoms with E-state index in [1.165, 1.54) is 0 Å². The number of aliphatic hydroxyl groups is 1. The van der Waals surface area contributed by atoms with Gasteiger partial charge in [-0.1, -0.05) is 22.0 Å². The zero-order chi connectivity index (χ0) is 12.0. The van der Waals surface area contributed by atoms with Gasteiger partial charge in [-0.25, -0.2) is 0 Å². The minimum absolute atomic E-state index is 0.0200. The van der Waals surface area contributed by atoms with E-state index in [0.29, 0.717) is 6.42 Å². The zero-order valence-corrected chi connectivity index (χ0v) is 11.5. The maximum atomic E-state index is 13.2. The molecular formula is C11H10Br2F2O. The lowest BCUT2D eigenvalue weighted by Gasteiger charge is -2.36. The highest BCUT2D eigenvalue weighted by atomic mass is 79.9. The average Bonchev–Trinajstić information content (AvgIpc) is 2.17. The fourth-order valence-electron chi connectivity index (χ4n) is 1.99. The molecule has 0 radical (unpaired) electrons. The molecule has 2 rings (SSSR count). The van der Waals surface area contributed by atoms with Crippen LogP contribution in [0.25, 0.3) is 0 Å². The molecule has 1 aromatic rings. The van der Waals surface area contributed by atoms with Gasteiger partial charge in [0.1, 0.15) is 5.60 Å². The summed E-state index contributed by atoms with van der Waals surface area (Å²) in [6.07, 6.45) is 0.509. The minimum Gasteiger partial charge on any atom is -0.382 e. The fraction of sp³-hybridized carbons (Fsp3) is 0.455. The smallest absolute Gasteiger partial charge is 0.329 e. The summed E-state index contributed by atoms with van der Waals surface area (Å²) in [7, 11) is 0. The third-order valence-electron chi connectivity index (χ3n) is 2.99. The molecule has 0 aliphatic heterocycles. The van der Waals surface area contributed by atoms with Gasteiger partial charge in [-0.05, 0) is 52.0 Å². The van der Waals surface area contributed by atoms with Crippen molar-refractivity contribution in [3.8, 4) is 0 Å². The topological polar surface area (TPSA) is 20.2 Å². The van der Waals surface area contributed by atoms with Crippen molar-refractivity contribution in [3.63, 3.8) is 0 Å². The van der Waals surface area contributed by atoms with Gasteiger partial charge in [-0.2, -0.15) is 8.78 Å². The second-order valence-electron chi connectivity index (χ2n) is 4.12. The molecule has 1 nitrogen and oxygen atoms in total. The molecule has 1 atom stereocenters. The van der Waals surface area contributed by atoms with Gasteiger partial charge in [0.2, 0.25) is 0 Å². The van der Waals surface area contributed by atoms with Crippen molar-refractivity contribution < 1.29 is 13.9 Å². The number of rotatable bonds is 1. The Labute approximate surface area is 109 Å². The normalized spacial score (nSPS) is 25.3. The molecule has 0 saturated carbocycles. The Balaban J connectivity index is 2.34. The lowest BCUT2D eigenvalue weighted by Crippen LogP contribution is -2.48. The van der Waals surface area contributed by atoms with Gasteiger partial charge in [0.25, 0.3) is 0 Å². The Morgan fingerprint density at radius 1 is 1.31 bits per heavy atom. The van der Waals surface area contributed by atoms with Crippen molar-refractivity contribution in [2.24, 2.45) is 0 Å². The predicted molar refractivity (Wildman–Crippen MR) is 65.0 cm³/mol. The fourth-order valence-corrected chi connectivity index (χ4v) is 2.73. The summed E-state index contributed by atoms with van der Waals surface area (Å²) in [6, 6.07) is 5.50. The van der Waals surface area contributed by atoms with E-state index in [9.17, 15) is 13.9 Å². The summed E-state index contributed by atoms with van der Waals surface area (Å²) >= 11 is 5.61. The van der Waals surface area contributed by atoms with Crippen LogP contribution < -0.4 is 0 Å². The van der Waals surface area contributed by atoms with E-state index in [-0.39, 0.29) is 12.8 Å². The van der Waals surface area contributed by atoms with Gasteiger partial charge < -0.3 is 5.11 Å². The molecule has 0 spiro atoms. The van der Waals surface area contributed by atoms with Crippen LogP contribution in [-0.4, -0.2) is 15.5 Å². The van der Waals surface area contributed by atoms with E-state index < -0.39 is 10.4 Å². The zero-order valence-electron chi connectivity index (χ0n) is 8.31. The first-order valence-electron chi connectivity index (χ1n) is 4.88. The number of hydrogen-bond donors (Lipinski definition) is 1. The first-order chi connectivity index (χ1) is 7.32. The van der Waals surface area contributed by atoms with Crippen LogP contribution in [0, 0.1) is 0 Å². The van der Waals surface area contributed by atoms with Crippen LogP contribution in [-0.2, 0) is 12.8 Å². The van der Waals surface area contributed by atoms with Crippen LogP contribution in [0.2, 0.25) is 0 Å². The minimum atomic E-state index is -3.25. The van der Waals surface area contributed by atoms with Crippen LogP contribution >= 0.6 is 31.9 Å². The van der Waals surface area contributed by atoms with Crippen molar-refractivity contribution >= 4 is 31.9 Å². The first-order valence-corrected chi connectivity index (χ1v) is 6.47.